The fourth-order valence-electron chi connectivity index (χ4n) is 3.48. The molecule has 1 atom stereocenters. The molecule has 4 rings (SSSR count). The topological polar surface area (TPSA) is 79.3 Å². The highest BCUT2D eigenvalue weighted by Crippen LogP contribution is 2.39. The molecule has 28 heavy (non-hydrogen) atoms. The first-order valence-electron chi connectivity index (χ1n) is 8.77. The van der Waals surface area contributed by atoms with Crippen molar-refractivity contribution in [2.24, 2.45) is 0 Å². The van der Waals surface area contributed by atoms with Gasteiger partial charge in [-0.05, 0) is 37.6 Å². The predicted octanol–water partition coefficient (Wildman–Crippen LogP) is 3.48. The number of ether oxygens (including phenoxy) is 1. The van der Waals surface area contributed by atoms with E-state index in [4.69, 9.17) is 4.74 Å². The van der Waals surface area contributed by atoms with E-state index in [1.807, 2.05) is 0 Å². The molecule has 1 aromatic heterocycles. The molecule has 0 radical (unpaired) electrons. The highest BCUT2D eigenvalue weighted by atomic mass is 35.5. The minimum atomic E-state index is -4.52. The Hall–Kier alpha value is -2.10. The van der Waals surface area contributed by atoms with Gasteiger partial charge in [0.15, 0.2) is 5.82 Å². The molecule has 152 valence electrons. The summed E-state index contributed by atoms with van der Waals surface area (Å²) in [5, 5.41) is 25.2. The average molecular weight is 417 g/mol. The normalized spacial score (nSPS) is 19.0. The van der Waals surface area contributed by atoms with E-state index < -0.39 is 17.5 Å². The lowest BCUT2D eigenvalue weighted by molar-refractivity contribution is -0.137. The maximum atomic E-state index is 12.8. The molecule has 1 saturated heterocycles. The van der Waals surface area contributed by atoms with Crippen LogP contribution in [0.25, 0.3) is 11.3 Å². The monoisotopic (exact) mass is 416 g/mol. The van der Waals surface area contributed by atoms with E-state index in [9.17, 15) is 18.3 Å². The van der Waals surface area contributed by atoms with Gasteiger partial charge in [-0.3, -0.25) is 0 Å². The number of fused-ring (bicyclic) bond motifs is 1. The fourth-order valence-corrected chi connectivity index (χ4v) is 3.48. The van der Waals surface area contributed by atoms with Crippen LogP contribution in [-0.4, -0.2) is 34.4 Å². The minimum absolute atomic E-state index is 0. The number of hydrogen-bond donors (Lipinski definition) is 3. The van der Waals surface area contributed by atoms with Gasteiger partial charge in [-0.1, -0.05) is 0 Å². The fraction of sp³-hybridized carbons (Fsp3) is 0.444. The molecule has 3 N–H and O–H groups in total. The summed E-state index contributed by atoms with van der Waals surface area (Å²) in [5.74, 6) is 0.150. The Bertz CT molecular complexity index is 857. The van der Waals surface area contributed by atoms with Crippen molar-refractivity contribution in [3.63, 3.8) is 0 Å². The average Bonchev–Trinajstić information content (AvgIpc) is 3.13. The molecule has 0 amide bonds. The van der Waals surface area contributed by atoms with Gasteiger partial charge < -0.3 is 20.5 Å². The Morgan fingerprint density at radius 2 is 1.96 bits per heavy atom. The summed E-state index contributed by atoms with van der Waals surface area (Å²) in [6.45, 7) is 2.45. The largest absolute Gasteiger partial charge is 0.507 e. The van der Waals surface area contributed by atoms with Crippen molar-refractivity contribution >= 4 is 18.2 Å². The maximum Gasteiger partial charge on any atom is 0.416 e. The molecule has 3 heterocycles. The Morgan fingerprint density at radius 1 is 1.18 bits per heavy atom. The number of nitrogens with zero attached hydrogens (tertiary/aromatic N) is 2. The number of halogens is 4. The zero-order valence-corrected chi connectivity index (χ0v) is 15.7. The SMILES string of the molecule is Cl.Oc1cc(C(F)(F)F)ccc1-c1nnc(N[C@@H]2CCCNC2)c2c1COC2. The van der Waals surface area contributed by atoms with Crippen molar-refractivity contribution in [3.05, 3.63) is 34.9 Å². The van der Waals surface area contributed by atoms with Crippen LogP contribution >= 0.6 is 12.4 Å². The van der Waals surface area contributed by atoms with Crippen LogP contribution in [0.15, 0.2) is 18.2 Å². The molecule has 6 nitrogen and oxygen atoms in total. The molecule has 0 unspecified atom stereocenters. The van der Waals surface area contributed by atoms with Crippen molar-refractivity contribution in [2.75, 3.05) is 18.4 Å². The standard InChI is InChI=1S/C18H19F3N4O2.ClH/c19-18(20,21)10-3-4-12(15(26)6-10)16-13-8-27-9-14(13)17(25-24-16)23-11-2-1-5-22-7-11;/h3-4,6,11,22,26H,1-2,5,7-9H2,(H,23,25);1H/t11-;/m1./s1. The molecule has 10 heteroatoms. The Balaban J connectivity index is 0.00000225. The van der Waals surface area contributed by atoms with E-state index in [-0.39, 0.29) is 30.6 Å². The molecule has 2 aromatic rings. The number of aromatic nitrogens is 2. The Morgan fingerprint density at radius 3 is 2.64 bits per heavy atom. The van der Waals surface area contributed by atoms with Gasteiger partial charge in [-0.25, -0.2) is 0 Å². The number of rotatable bonds is 3. The molecule has 1 fully saturated rings. The lowest BCUT2D eigenvalue weighted by atomic mass is 10.0. The van der Waals surface area contributed by atoms with Crippen LogP contribution in [0.5, 0.6) is 5.75 Å². The molecule has 0 saturated carbocycles. The number of anilines is 1. The van der Waals surface area contributed by atoms with Gasteiger partial charge in [-0.15, -0.1) is 22.6 Å². The molecule has 1 aromatic carbocycles. The lowest BCUT2D eigenvalue weighted by Gasteiger charge is -2.25. The number of aromatic hydroxyl groups is 1. The third kappa shape index (κ3) is 4.01. The second-order valence-electron chi connectivity index (χ2n) is 6.76. The van der Waals surface area contributed by atoms with Crippen LogP contribution in [0, 0.1) is 0 Å². The number of hydrogen-bond acceptors (Lipinski definition) is 6. The number of alkyl halides is 3. The number of piperidine rings is 1. The van der Waals surface area contributed by atoms with E-state index >= 15 is 0 Å². The number of benzene rings is 1. The minimum Gasteiger partial charge on any atom is -0.507 e. The van der Waals surface area contributed by atoms with Crippen LogP contribution in [0.2, 0.25) is 0 Å². The van der Waals surface area contributed by atoms with Crippen molar-refractivity contribution in [1.29, 1.82) is 0 Å². The van der Waals surface area contributed by atoms with Crippen LogP contribution < -0.4 is 10.6 Å². The molecular formula is C18H20ClF3N4O2. The summed E-state index contributed by atoms with van der Waals surface area (Å²) in [4.78, 5) is 0. The van der Waals surface area contributed by atoms with Crippen molar-refractivity contribution in [2.45, 2.75) is 38.3 Å². The third-order valence-corrected chi connectivity index (χ3v) is 4.90. The molecule has 2 aliphatic heterocycles. The summed E-state index contributed by atoms with van der Waals surface area (Å²) in [6.07, 6.45) is -2.43. The third-order valence-electron chi connectivity index (χ3n) is 4.90. The number of nitrogens with one attached hydrogen (secondary N) is 2. The molecule has 0 aliphatic carbocycles. The first-order valence-corrected chi connectivity index (χ1v) is 8.77. The lowest BCUT2D eigenvalue weighted by Crippen LogP contribution is -2.38. The van der Waals surface area contributed by atoms with E-state index in [1.54, 1.807) is 0 Å². The van der Waals surface area contributed by atoms with Gasteiger partial charge >= 0.3 is 6.18 Å². The summed E-state index contributed by atoms with van der Waals surface area (Å²) in [5.41, 5.74) is 1.23. The highest BCUT2D eigenvalue weighted by molar-refractivity contribution is 5.85. The van der Waals surface area contributed by atoms with Crippen LogP contribution in [0.3, 0.4) is 0 Å². The summed E-state index contributed by atoms with van der Waals surface area (Å²) >= 11 is 0. The summed E-state index contributed by atoms with van der Waals surface area (Å²) < 4.78 is 44.0. The first kappa shape index (κ1) is 20.6. The predicted molar refractivity (Wildman–Crippen MR) is 99.4 cm³/mol. The smallest absolute Gasteiger partial charge is 0.416 e. The van der Waals surface area contributed by atoms with Crippen molar-refractivity contribution in [3.8, 4) is 17.0 Å². The molecule has 0 spiro atoms. The zero-order valence-electron chi connectivity index (χ0n) is 14.8. The Kier molecular flexibility index (Phi) is 5.97. The van der Waals surface area contributed by atoms with Gasteiger partial charge in [-0.2, -0.15) is 13.2 Å². The zero-order chi connectivity index (χ0) is 19.0. The van der Waals surface area contributed by atoms with Gasteiger partial charge in [0, 0.05) is 29.3 Å². The first-order chi connectivity index (χ1) is 12.9. The highest BCUT2D eigenvalue weighted by Gasteiger charge is 2.32. The van der Waals surface area contributed by atoms with E-state index in [0.29, 0.717) is 24.2 Å². The van der Waals surface area contributed by atoms with E-state index in [1.165, 1.54) is 6.07 Å². The molecule has 0 bridgehead atoms. The second-order valence-corrected chi connectivity index (χ2v) is 6.76. The van der Waals surface area contributed by atoms with Gasteiger partial charge in [0.2, 0.25) is 0 Å². The number of phenolic OH excluding ortho intramolecular Hbond substituents is 1. The number of phenols is 1. The van der Waals surface area contributed by atoms with E-state index in [0.717, 1.165) is 43.1 Å². The van der Waals surface area contributed by atoms with Gasteiger partial charge in [0.1, 0.15) is 11.4 Å². The Labute approximate surface area is 165 Å². The molecular weight excluding hydrogens is 397 g/mol. The quantitative estimate of drug-likeness (QED) is 0.711. The maximum absolute atomic E-state index is 12.8. The molecule has 2 aliphatic rings. The summed E-state index contributed by atoms with van der Waals surface area (Å²) in [7, 11) is 0. The van der Waals surface area contributed by atoms with Gasteiger partial charge in [0.25, 0.3) is 0 Å². The summed E-state index contributed by atoms with van der Waals surface area (Å²) in [6, 6.07) is 3.10. The van der Waals surface area contributed by atoms with Gasteiger partial charge in [0.05, 0.1) is 18.8 Å². The van der Waals surface area contributed by atoms with Crippen LogP contribution in [0.4, 0.5) is 19.0 Å². The van der Waals surface area contributed by atoms with Crippen LogP contribution in [0.1, 0.15) is 29.5 Å². The van der Waals surface area contributed by atoms with Crippen molar-refractivity contribution < 1.29 is 23.0 Å². The van der Waals surface area contributed by atoms with Crippen molar-refractivity contribution in [1.82, 2.24) is 15.5 Å². The van der Waals surface area contributed by atoms with Crippen LogP contribution in [-0.2, 0) is 24.1 Å². The van der Waals surface area contributed by atoms with E-state index in [2.05, 4.69) is 20.8 Å². The second kappa shape index (κ2) is 8.10.